The van der Waals surface area contributed by atoms with E-state index in [4.69, 9.17) is 0 Å². The van der Waals surface area contributed by atoms with Gasteiger partial charge in [-0.15, -0.1) is 11.8 Å². The van der Waals surface area contributed by atoms with Gasteiger partial charge in [0.15, 0.2) is 0 Å². The van der Waals surface area contributed by atoms with Crippen LogP contribution in [0.25, 0.3) is 0 Å². The molecule has 0 heterocycles. The van der Waals surface area contributed by atoms with E-state index in [1.807, 2.05) is 6.92 Å². The Balaban J connectivity index is 3.51. The van der Waals surface area contributed by atoms with Crippen LogP contribution in [0.4, 0.5) is 0 Å². The standard InChI is InChI=1S/C12H22N2O/c1-4-7-8-9-13-10-12(15)14-11(5-2)6-3/h11,13H,5-6,8-10H2,1-3H3,(H,14,15). The van der Waals surface area contributed by atoms with E-state index in [0.717, 1.165) is 25.8 Å². The van der Waals surface area contributed by atoms with Crippen molar-refractivity contribution in [2.45, 2.75) is 46.1 Å². The highest BCUT2D eigenvalue weighted by atomic mass is 16.1. The van der Waals surface area contributed by atoms with Gasteiger partial charge in [0, 0.05) is 19.0 Å². The highest BCUT2D eigenvalue weighted by Gasteiger charge is 2.06. The Morgan fingerprint density at radius 1 is 1.33 bits per heavy atom. The van der Waals surface area contributed by atoms with Crippen LogP contribution in [0.5, 0.6) is 0 Å². The molecule has 0 aliphatic carbocycles. The SMILES string of the molecule is CC#CCCNCC(=O)NC(CC)CC. The van der Waals surface area contributed by atoms with Crippen molar-refractivity contribution in [3.05, 3.63) is 0 Å². The van der Waals surface area contributed by atoms with Crippen molar-refractivity contribution >= 4 is 5.91 Å². The minimum absolute atomic E-state index is 0.0770. The number of carbonyl (C=O) groups excluding carboxylic acids is 1. The van der Waals surface area contributed by atoms with Gasteiger partial charge in [0.2, 0.25) is 5.91 Å². The molecule has 2 N–H and O–H groups in total. The minimum atomic E-state index is 0.0770. The lowest BCUT2D eigenvalue weighted by molar-refractivity contribution is -0.121. The van der Waals surface area contributed by atoms with Gasteiger partial charge in [0.05, 0.1) is 6.54 Å². The van der Waals surface area contributed by atoms with Crippen LogP contribution >= 0.6 is 0 Å². The lowest BCUT2D eigenvalue weighted by Crippen LogP contribution is -2.40. The van der Waals surface area contributed by atoms with Crippen LogP contribution in [-0.2, 0) is 4.79 Å². The highest BCUT2D eigenvalue weighted by molar-refractivity contribution is 5.78. The normalized spacial score (nSPS) is 9.60. The van der Waals surface area contributed by atoms with E-state index in [2.05, 4.69) is 36.3 Å². The molecule has 0 radical (unpaired) electrons. The summed E-state index contributed by atoms with van der Waals surface area (Å²) in [5, 5.41) is 6.03. The quantitative estimate of drug-likeness (QED) is 0.491. The summed E-state index contributed by atoms with van der Waals surface area (Å²) < 4.78 is 0. The molecule has 0 rings (SSSR count). The number of hydrogen-bond acceptors (Lipinski definition) is 2. The van der Waals surface area contributed by atoms with E-state index in [9.17, 15) is 4.79 Å². The first-order valence-corrected chi connectivity index (χ1v) is 5.64. The number of rotatable bonds is 7. The Bertz CT molecular complexity index is 224. The first-order chi connectivity index (χ1) is 7.24. The van der Waals surface area contributed by atoms with E-state index in [1.54, 1.807) is 0 Å². The molecule has 0 aliphatic rings. The molecule has 0 aromatic carbocycles. The average molecular weight is 210 g/mol. The lowest BCUT2D eigenvalue weighted by atomic mass is 10.2. The van der Waals surface area contributed by atoms with Crippen LogP contribution in [0.2, 0.25) is 0 Å². The van der Waals surface area contributed by atoms with Crippen LogP contribution in [0.15, 0.2) is 0 Å². The van der Waals surface area contributed by atoms with Gasteiger partial charge in [-0.1, -0.05) is 13.8 Å². The van der Waals surface area contributed by atoms with Crippen LogP contribution in [0.1, 0.15) is 40.0 Å². The third-order valence-corrected chi connectivity index (χ3v) is 2.24. The van der Waals surface area contributed by atoms with E-state index in [-0.39, 0.29) is 5.91 Å². The molecule has 3 heteroatoms. The van der Waals surface area contributed by atoms with Crippen molar-refractivity contribution < 1.29 is 4.79 Å². The highest BCUT2D eigenvalue weighted by Crippen LogP contribution is 1.94. The molecule has 15 heavy (non-hydrogen) atoms. The van der Waals surface area contributed by atoms with Gasteiger partial charge < -0.3 is 10.6 Å². The van der Waals surface area contributed by atoms with Crippen molar-refractivity contribution in [2.75, 3.05) is 13.1 Å². The lowest BCUT2D eigenvalue weighted by Gasteiger charge is -2.14. The maximum absolute atomic E-state index is 11.4. The number of hydrogen-bond donors (Lipinski definition) is 2. The first kappa shape index (κ1) is 14.0. The molecular weight excluding hydrogens is 188 g/mol. The Hall–Kier alpha value is -1.01. The fraction of sp³-hybridized carbons (Fsp3) is 0.750. The predicted molar refractivity (Wildman–Crippen MR) is 63.4 cm³/mol. The molecule has 0 spiro atoms. The summed E-state index contributed by atoms with van der Waals surface area (Å²) in [5.41, 5.74) is 0. The molecule has 0 aromatic heterocycles. The number of amides is 1. The van der Waals surface area contributed by atoms with Crippen molar-refractivity contribution in [1.29, 1.82) is 0 Å². The monoisotopic (exact) mass is 210 g/mol. The Morgan fingerprint density at radius 3 is 2.53 bits per heavy atom. The van der Waals surface area contributed by atoms with Gasteiger partial charge in [0.1, 0.15) is 0 Å². The smallest absolute Gasteiger partial charge is 0.234 e. The van der Waals surface area contributed by atoms with Crippen molar-refractivity contribution in [1.82, 2.24) is 10.6 Å². The molecule has 0 atom stereocenters. The van der Waals surface area contributed by atoms with Crippen molar-refractivity contribution in [3.8, 4) is 11.8 Å². The maximum atomic E-state index is 11.4. The maximum Gasteiger partial charge on any atom is 0.234 e. The van der Waals surface area contributed by atoms with Gasteiger partial charge in [-0.25, -0.2) is 0 Å². The summed E-state index contributed by atoms with van der Waals surface area (Å²) in [6.07, 6.45) is 2.78. The predicted octanol–water partition coefficient (Wildman–Crippen LogP) is 1.29. The average Bonchev–Trinajstić information content (AvgIpc) is 2.25. The Morgan fingerprint density at radius 2 is 2.00 bits per heavy atom. The molecule has 0 aromatic rings. The molecule has 1 amide bonds. The van der Waals surface area contributed by atoms with Crippen LogP contribution in [-0.4, -0.2) is 25.0 Å². The summed E-state index contributed by atoms with van der Waals surface area (Å²) in [6.45, 7) is 7.15. The minimum Gasteiger partial charge on any atom is -0.352 e. The van der Waals surface area contributed by atoms with Crippen molar-refractivity contribution in [2.24, 2.45) is 0 Å². The second kappa shape index (κ2) is 9.54. The molecule has 0 unspecified atom stereocenters. The largest absolute Gasteiger partial charge is 0.352 e. The molecule has 0 bridgehead atoms. The molecule has 0 aliphatic heterocycles. The Kier molecular flexibility index (Phi) is 8.90. The van der Waals surface area contributed by atoms with Crippen LogP contribution in [0, 0.1) is 11.8 Å². The summed E-state index contributed by atoms with van der Waals surface area (Å²) in [6, 6.07) is 0.315. The van der Waals surface area contributed by atoms with Gasteiger partial charge in [-0.05, 0) is 19.8 Å². The Labute approximate surface area is 93.0 Å². The van der Waals surface area contributed by atoms with Gasteiger partial charge >= 0.3 is 0 Å². The molecule has 86 valence electrons. The molecule has 3 nitrogen and oxygen atoms in total. The zero-order chi connectivity index (χ0) is 11.5. The van der Waals surface area contributed by atoms with Gasteiger partial charge in [-0.2, -0.15) is 0 Å². The number of carbonyl (C=O) groups is 1. The molecular formula is C12H22N2O. The van der Waals surface area contributed by atoms with E-state index in [0.29, 0.717) is 12.6 Å². The van der Waals surface area contributed by atoms with E-state index < -0.39 is 0 Å². The van der Waals surface area contributed by atoms with Gasteiger partial charge in [-0.3, -0.25) is 4.79 Å². The third-order valence-electron chi connectivity index (χ3n) is 2.24. The second-order valence-corrected chi connectivity index (χ2v) is 3.43. The van der Waals surface area contributed by atoms with E-state index >= 15 is 0 Å². The fourth-order valence-electron chi connectivity index (χ4n) is 1.25. The van der Waals surface area contributed by atoms with Crippen molar-refractivity contribution in [3.63, 3.8) is 0 Å². The number of nitrogens with one attached hydrogen (secondary N) is 2. The summed E-state index contributed by atoms with van der Waals surface area (Å²) >= 11 is 0. The van der Waals surface area contributed by atoms with Crippen LogP contribution in [0.3, 0.4) is 0 Å². The van der Waals surface area contributed by atoms with Gasteiger partial charge in [0.25, 0.3) is 0 Å². The van der Waals surface area contributed by atoms with Crippen LogP contribution < -0.4 is 10.6 Å². The first-order valence-electron chi connectivity index (χ1n) is 5.64. The summed E-state index contributed by atoms with van der Waals surface area (Å²) in [4.78, 5) is 11.4. The second-order valence-electron chi connectivity index (χ2n) is 3.43. The summed E-state index contributed by atoms with van der Waals surface area (Å²) in [7, 11) is 0. The third kappa shape index (κ3) is 8.02. The fourth-order valence-corrected chi connectivity index (χ4v) is 1.25. The molecule has 0 saturated heterocycles. The zero-order valence-corrected chi connectivity index (χ0v) is 10.0. The van der Waals surface area contributed by atoms with E-state index in [1.165, 1.54) is 0 Å². The molecule has 0 fully saturated rings. The summed E-state index contributed by atoms with van der Waals surface area (Å²) in [5.74, 6) is 5.83. The molecule has 0 saturated carbocycles. The zero-order valence-electron chi connectivity index (χ0n) is 10.0. The topological polar surface area (TPSA) is 41.1 Å².